The lowest BCUT2D eigenvalue weighted by atomic mass is 10.1. The van der Waals surface area contributed by atoms with E-state index >= 15 is 0 Å². The van der Waals surface area contributed by atoms with Gasteiger partial charge in [0.15, 0.2) is 0 Å². The van der Waals surface area contributed by atoms with Gasteiger partial charge in [0.05, 0.1) is 17.2 Å². The molecule has 3 rings (SSSR count). The molecule has 0 aromatic heterocycles. The number of rotatable bonds is 8. The summed E-state index contributed by atoms with van der Waals surface area (Å²) < 4.78 is 33.3. The molecule has 0 aliphatic heterocycles. The van der Waals surface area contributed by atoms with E-state index in [2.05, 4.69) is 0 Å². The van der Waals surface area contributed by atoms with Gasteiger partial charge in [0.25, 0.3) is 0 Å². The van der Waals surface area contributed by atoms with Gasteiger partial charge in [-0.05, 0) is 49.2 Å². The number of carbonyl (C=O) groups is 1. The molecule has 0 unspecified atom stereocenters. The van der Waals surface area contributed by atoms with Crippen molar-refractivity contribution in [1.82, 2.24) is 4.31 Å². The minimum absolute atomic E-state index is 0.0620. The van der Waals surface area contributed by atoms with Crippen LogP contribution in [-0.2, 0) is 27.8 Å². The normalized spacial score (nSPS) is 11.5. The van der Waals surface area contributed by atoms with Gasteiger partial charge in [-0.2, -0.15) is 4.31 Å². The van der Waals surface area contributed by atoms with E-state index in [1.54, 1.807) is 49.4 Å². The molecule has 0 spiro atoms. The highest BCUT2D eigenvalue weighted by molar-refractivity contribution is 7.89. The van der Waals surface area contributed by atoms with Crippen molar-refractivity contribution in [2.45, 2.75) is 31.8 Å². The summed E-state index contributed by atoms with van der Waals surface area (Å²) in [5.41, 5.74) is 3.13. The summed E-state index contributed by atoms with van der Waals surface area (Å²) in [5.74, 6) is -0.408. The third kappa shape index (κ3) is 5.73. The molecule has 7 heteroatoms. The number of benzene rings is 3. The number of hydrogen-bond acceptors (Lipinski definition) is 4. The lowest BCUT2D eigenvalue weighted by Crippen LogP contribution is -2.30. The van der Waals surface area contributed by atoms with Crippen molar-refractivity contribution in [3.05, 3.63) is 100 Å². The SMILES string of the molecule is CCOC(=O)c1ccc(CN(Cc2ccc(C)cc2)S(=O)(=O)c2ccccc2Cl)cc1. The van der Waals surface area contributed by atoms with Gasteiger partial charge in [-0.25, -0.2) is 13.2 Å². The van der Waals surface area contributed by atoms with Crippen molar-refractivity contribution >= 4 is 27.6 Å². The van der Waals surface area contributed by atoms with Gasteiger partial charge in [0.2, 0.25) is 10.0 Å². The second-order valence-electron chi connectivity index (χ2n) is 7.11. The van der Waals surface area contributed by atoms with E-state index in [1.807, 2.05) is 31.2 Å². The Bertz CT molecular complexity index is 1140. The zero-order chi connectivity index (χ0) is 22.4. The maximum atomic E-state index is 13.5. The second-order valence-corrected chi connectivity index (χ2v) is 9.42. The van der Waals surface area contributed by atoms with Crippen LogP contribution in [0.3, 0.4) is 0 Å². The summed E-state index contributed by atoms with van der Waals surface area (Å²) in [7, 11) is -3.86. The molecular weight excluding hydrogens is 434 g/mol. The van der Waals surface area contributed by atoms with Crippen molar-refractivity contribution < 1.29 is 17.9 Å². The number of halogens is 1. The molecule has 0 bridgehead atoms. The lowest BCUT2D eigenvalue weighted by Gasteiger charge is -2.23. The molecule has 0 saturated heterocycles. The number of carbonyl (C=O) groups excluding carboxylic acids is 1. The fraction of sp³-hybridized carbons (Fsp3) is 0.208. The Kier molecular flexibility index (Phi) is 7.49. The predicted molar refractivity (Wildman–Crippen MR) is 121 cm³/mol. The van der Waals surface area contributed by atoms with Crippen LogP contribution >= 0.6 is 11.6 Å². The molecule has 0 atom stereocenters. The summed E-state index contributed by atoms with van der Waals surface area (Å²) in [6.45, 7) is 4.33. The van der Waals surface area contributed by atoms with E-state index in [0.29, 0.717) is 12.2 Å². The molecule has 3 aromatic rings. The lowest BCUT2D eigenvalue weighted by molar-refractivity contribution is 0.0526. The molecular formula is C24H24ClNO4S. The molecule has 0 saturated carbocycles. The third-order valence-corrected chi connectivity index (χ3v) is 7.05. The first-order chi connectivity index (χ1) is 14.8. The molecule has 5 nitrogen and oxygen atoms in total. The Labute approximate surface area is 188 Å². The number of ether oxygens (including phenoxy) is 1. The van der Waals surface area contributed by atoms with Gasteiger partial charge in [0.1, 0.15) is 4.90 Å². The molecule has 0 aliphatic carbocycles. The highest BCUT2D eigenvalue weighted by Crippen LogP contribution is 2.27. The topological polar surface area (TPSA) is 63.7 Å². The first kappa shape index (κ1) is 23.0. The maximum Gasteiger partial charge on any atom is 0.338 e. The van der Waals surface area contributed by atoms with E-state index in [9.17, 15) is 13.2 Å². The molecule has 0 amide bonds. The molecule has 0 fully saturated rings. The van der Waals surface area contributed by atoms with Gasteiger partial charge < -0.3 is 4.74 Å². The van der Waals surface area contributed by atoms with Crippen molar-refractivity contribution in [1.29, 1.82) is 0 Å². The highest BCUT2D eigenvalue weighted by atomic mass is 35.5. The molecule has 0 N–H and O–H groups in total. The van der Waals surface area contributed by atoms with Crippen LogP contribution in [0.2, 0.25) is 5.02 Å². The number of aryl methyl sites for hydroxylation is 1. The first-order valence-corrected chi connectivity index (χ1v) is 11.7. The zero-order valence-electron chi connectivity index (χ0n) is 17.4. The summed E-state index contributed by atoms with van der Waals surface area (Å²) >= 11 is 6.21. The summed E-state index contributed by atoms with van der Waals surface area (Å²) in [6.07, 6.45) is 0. The third-order valence-electron chi connectivity index (χ3n) is 4.76. The Morgan fingerprint density at radius 2 is 1.45 bits per heavy atom. The van der Waals surface area contributed by atoms with E-state index < -0.39 is 16.0 Å². The Morgan fingerprint density at radius 1 is 0.903 bits per heavy atom. The predicted octanol–water partition coefficient (Wildman–Crippen LogP) is 5.22. The highest BCUT2D eigenvalue weighted by Gasteiger charge is 2.27. The van der Waals surface area contributed by atoms with Crippen molar-refractivity contribution in [3.8, 4) is 0 Å². The molecule has 162 valence electrons. The van der Waals surface area contributed by atoms with Crippen LogP contribution in [0.1, 0.15) is 34.0 Å². The minimum Gasteiger partial charge on any atom is -0.462 e. The molecule has 31 heavy (non-hydrogen) atoms. The van der Waals surface area contributed by atoms with Crippen LogP contribution in [0.25, 0.3) is 0 Å². The Hall–Kier alpha value is -2.67. The van der Waals surface area contributed by atoms with Crippen LogP contribution < -0.4 is 0 Å². The van der Waals surface area contributed by atoms with E-state index in [-0.39, 0.29) is 23.0 Å². The molecule has 0 aliphatic rings. The van der Waals surface area contributed by atoms with Crippen molar-refractivity contribution in [3.63, 3.8) is 0 Å². The summed E-state index contributed by atoms with van der Waals surface area (Å²) in [6, 6.07) is 20.9. The Morgan fingerprint density at radius 3 is 2.00 bits per heavy atom. The van der Waals surface area contributed by atoms with Crippen LogP contribution in [0.4, 0.5) is 0 Å². The van der Waals surface area contributed by atoms with Crippen LogP contribution in [0, 0.1) is 6.92 Å². The van der Waals surface area contributed by atoms with E-state index in [4.69, 9.17) is 16.3 Å². The largest absolute Gasteiger partial charge is 0.462 e. The Balaban J connectivity index is 1.93. The fourth-order valence-electron chi connectivity index (χ4n) is 3.08. The maximum absolute atomic E-state index is 13.5. The minimum atomic E-state index is -3.86. The van der Waals surface area contributed by atoms with Gasteiger partial charge in [0, 0.05) is 13.1 Å². The van der Waals surface area contributed by atoms with Gasteiger partial charge in [-0.1, -0.05) is 65.7 Å². The van der Waals surface area contributed by atoms with Gasteiger partial charge >= 0.3 is 5.97 Å². The second kappa shape index (κ2) is 10.1. The number of hydrogen-bond donors (Lipinski definition) is 0. The summed E-state index contributed by atoms with van der Waals surface area (Å²) in [4.78, 5) is 11.9. The van der Waals surface area contributed by atoms with Crippen LogP contribution in [-0.4, -0.2) is 25.3 Å². The van der Waals surface area contributed by atoms with Crippen molar-refractivity contribution in [2.75, 3.05) is 6.61 Å². The molecule has 0 radical (unpaired) electrons. The van der Waals surface area contributed by atoms with E-state index in [1.165, 1.54) is 10.4 Å². The standard InChI is InChI=1S/C24H24ClNO4S/c1-3-30-24(27)21-14-12-20(13-15-21)17-26(16-19-10-8-18(2)9-11-19)31(28,29)23-7-5-4-6-22(23)25/h4-15H,3,16-17H2,1-2H3. The smallest absolute Gasteiger partial charge is 0.338 e. The van der Waals surface area contributed by atoms with Crippen molar-refractivity contribution in [2.24, 2.45) is 0 Å². The zero-order valence-corrected chi connectivity index (χ0v) is 19.0. The molecule has 3 aromatic carbocycles. The van der Waals surface area contributed by atoms with E-state index in [0.717, 1.165) is 16.7 Å². The molecule has 0 heterocycles. The quantitative estimate of drug-likeness (QED) is 0.435. The van der Waals surface area contributed by atoms with Crippen LogP contribution in [0.5, 0.6) is 0 Å². The first-order valence-electron chi connectivity index (χ1n) is 9.87. The number of nitrogens with zero attached hydrogens (tertiary/aromatic N) is 1. The van der Waals surface area contributed by atoms with Crippen LogP contribution in [0.15, 0.2) is 77.7 Å². The number of esters is 1. The van der Waals surface area contributed by atoms with Gasteiger partial charge in [-0.3, -0.25) is 0 Å². The number of sulfonamides is 1. The monoisotopic (exact) mass is 457 g/mol. The average molecular weight is 458 g/mol. The summed E-state index contributed by atoms with van der Waals surface area (Å²) in [5, 5.41) is 0.175. The average Bonchev–Trinajstić information content (AvgIpc) is 2.75. The van der Waals surface area contributed by atoms with Gasteiger partial charge in [-0.15, -0.1) is 0 Å². The fourth-order valence-corrected chi connectivity index (χ4v) is 4.99.